The molecule has 0 unspecified atom stereocenters. The SMILES string of the molecule is C=C(OC)[C@H](Cc1ccc(-c2cc(Cl)c(C)n(C)c2=O)c2nccn12)NC(=O)c1c(F)cc(N2CCOC[C@@H]2C(F)(F)F)cc1F. The Bertz CT molecular complexity index is 1870. The number of amides is 1. The van der Waals surface area contributed by atoms with Crippen molar-refractivity contribution in [3.8, 4) is 11.1 Å². The van der Waals surface area contributed by atoms with E-state index in [0.29, 0.717) is 45.3 Å². The van der Waals surface area contributed by atoms with Gasteiger partial charge in [0.05, 0.1) is 37.0 Å². The second-order valence-corrected chi connectivity index (χ2v) is 11.1. The molecule has 0 aliphatic carbocycles. The number of alkyl halides is 3. The number of fused-ring (bicyclic) bond motifs is 1. The minimum Gasteiger partial charge on any atom is -0.500 e. The Kier molecular flexibility index (Phi) is 9.14. The largest absolute Gasteiger partial charge is 0.500 e. The summed E-state index contributed by atoms with van der Waals surface area (Å²) in [5.74, 6) is -3.80. The summed E-state index contributed by atoms with van der Waals surface area (Å²) in [6.45, 7) is 4.51. The molecule has 3 aromatic heterocycles. The van der Waals surface area contributed by atoms with Crippen molar-refractivity contribution in [1.29, 1.82) is 0 Å². The van der Waals surface area contributed by atoms with E-state index in [1.54, 1.807) is 42.8 Å². The third-order valence-electron chi connectivity index (χ3n) is 8.04. The van der Waals surface area contributed by atoms with Crippen LogP contribution in [0.2, 0.25) is 5.02 Å². The van der Waals surface area contributed by atoms with Gasteiger partial charge in [-0.3, -0.25) is 9.59 Å². The lowest BCUT2D eigenvalue weighted by Crippen LogP contribution is -2.53. The number of halogens is 6. The van der Waals surface area contributed by atoms with Crippen molar-refractivity contribution in [3.63, 3.8) is 0 Å². The lowest BCUT2D eigenvalue weighted by molar-refractivity contribution is -0.167. The van der Waals surface area contributed by atoms with E-state index in [0.717, 1.165) is 4.90 Å². The fourth-order valence-electron chi connectivity index (χ4n) is 5.38. The molecule has 1 aliphatic rings. The molecule has 15 heteroatoms. The zero-order chi connectivity index (χ0) is 33.5. The highest BCUT2D eigenvalue weighted by atomic mass is 35.5. The van der Waals surface area contributed by atoms with E-state index in [-0.39, 0.29) is 36.6 Å². The maximum Gasteiger partial charge on any atom is 0.411 e. The summed E-state index contributed by atoms with van der Waals surface area (Å²) in [4.78, 5) is 31.5. The van der Waals surface area contributed by atoms with Crippen molar-refractivity contribution in [2.24, 2.45) is 7.05 Å². The predicted octanol–water partition coefficient (Wildman–Crippen LogP) is 5.21. The van der Waals surface area contributed by atoms with Crippen LogP contribution >= 0.6 is 11.6 Å². The number of benzene rings is 1. The van der Waals surface area contributed by atoms with Crippen LogP contribution in [0.15, 0.2) is 59.9 Å². The first-order valence-corrected chi connectivity index (χ1v) is 14.4. The molecule has 0 radical (unpaired) electrons. The van der Waals surface area contributed by atoms with Crippen molar-refractivity contribution in [3.05, 3.63) is 99.0 Å². The molecule has 244 valence electrons. The number of ether oxygens (including phenoxy) is 2. The van der Waals surface area contributed by atoms with Crippen molar-refractivity contribution in [1.82, 2.24) is 19.3 Å². The second kappa shape index (κ2) is 12.8. The number of nitrogens with zero attached hydrogens (tertiary/aromatic N) is 4. The number of hydrogen-bond donors (Lipinski definition) is 1. The van der Waals surface area contributed by atoms with Crippen molar-refractivity contribution >= 4 is 28.8 Å². The van der Waals surface area contributed by atoms with E-state index in [1.807, 2.05) is 0 Å². The van der Waals surface area contributed by atoms with Crippen LogP contribution in [0.3, 0.4) is 0 Å². The molecule has 0 bridgehead atoms. The number of anilines is 1. The average molecular weight is 666 g/mol. The van der Waals surface area contributed by atoms with Crippen LogP contribution in [0.4, 0.5) is 27.6 Å². The lowest BCUT2D eigenvalue weighted by Gasteiger charge is -2.38. The van der Waals surface area contributed by atoms with Gasteiger partial charge in [0.25, 0.3) is 11.5 Å². The number of aromatic nitrogens is 3. The number of rotatable bonds is 8. The molecule has 1 amide bonds. The fourth-order valence-corrected chi connectivity index (χ4v) is 5.61. The molecular formula is C31H29ClF5N5O4. The molecule has 1 saturated heterocycles. The summed E-state index contributed by atoms with van der Waals surface area (Å²) in [5, 5.41) is 2.91. The van der Waals surface area contributed by atoms with Gasteiger partial charge in [0.15, 0.2) is 0 Å². The summed E-state index contributed by atoms with van der Waals surface area (Å²) in [7, 11) is 2.92. The molecular weight excluding hydrogens is 637 g/mol. The summed E-state index contributed by atoms with van der Waals surface area (Å²) in [6, 6.07) is 3.19. The standard InChI is InChI=1S/C31H29ClF5N5O4/c1-16-22(32)14-21(30(44)40(16)3)20-6-5-18(42-8-7-38-28(20)42)13-25(17(2)45-4)39-29(43)27-23(33)11-19(12-24(27)34)41-9-10-46-15-26(41)31(35,36)37/h5-8,11-12,14,25-26H,2,9-10,13,15H2,1,3-4H3,(H,39,43)/t25-,26+/m0/s1. The highest BCUT2D eigenvalue weighted by Crippen LogP contribution is 2.33. The van der Waals surface area contributed by atoms with E-state index >= 15 is 8.78 Å². The molecule has 1 fully saturated rings. The third-order valence-corrected chi connectivity index (χ3v) is 8.42. The number of hydrogen-bond acceptors (Lipinski definition) is 6. The summed E-state index contributed by atoms with van der Waals surface area (Å²) < 4.78 is 84.4. The molecule has 4 aromatic rings. The maximum atomic E-state index is 15.2. The molecule has 0 saturated carbocycles. The molecule has 2 atom stereocenters. The van der Waals surface area contributed by atoms with Gasteiger partial charge in [0, 0.05) is 55.0 Å². The van der Waals surface area contributed by atoms with Gasteiger partial charge >= 0.3 is 6.18 Å². The topological polar surface area (TPSA) is 90.1 Å². The summed E-state index contributed by atoms with van der Waals surface area (Å²) in [5.41, 5.74) is 0.756. The van der Waals surface area contributed by atoms with Crippen LogP contribution in [0, 0.1) is 18.6 Å². The molecule has 46 heavy (non-hydrogen) atoms. The predicted molar refractivity (Wildman–Crippen MR) is 161 cm³/mol. The number of methoxy groups -OCH3 is 1. The van der Waals surface area contributed by atoms with Crippen LogP contribution < -0.4 is 15.8 Å². The minimum absolute atomic E-state index is 0.0145. The Hall–Kier alpha value is -4.43. The molecule has 4 heterocycles. The van der Waals surface area contributed by atoms with Crippen LogP contribution in [-0.2, 0) is 22.9 Å². The zero-order valence-electron chi connectivity index (χ0n) is 24.9. The number of carbonyl (C=O) groups excluding carboxylic acids is 1. The first-order chi connectivity index (χ1) is 21.7. The molecule has 5 rings (SSSR count). The Morgan fingerprint density at radius 2 is 1.91 bits per heavy atom. The van der Waals surface area contributed by atoms with E-state index in [9.17, 15) is 22.8 Å². The quantitative estimate of drug-likeness (QED) is 0.205. The zero-order valence-corrected chi connectivity index (χ0v) is 25.7. The highest BCUT2D eigenvalue weighted by molar-refractivity contribution is 6.31. The first kappa shape index (κ1) is 32.9. The van der Waals surface area contributed by atoms with E-state index in [1.165, 1.54) is 17.9 Å². The van der Waals surface area contributed by atoms with E-state index < -0.39 is 48.0 Å². The monoisotopic (exact) mass is 665 g/mol. The van der Waals surface area contributed by atoms with Gasteiger partial charge in [-0.2, -0.15) is 13.2 Å². The van der Waals surface area contributed by atoms with Gasteiger partial charge in [-0.15, -0.1) is 0 Å². The minimum atomic E-state index is -4.71. The second-order valence-electron chi connectivity index (χ2n) is 10.7. The van der Waals surface area contributed by atoms with Gasteiger partial charge in [-0.25, -0.2) is 13.8 Å². The van der Waals surface area contributed by atoms with E-state index in [4.69, 9.17) is 21.1 Å². The maximum absolute atomic E-state index is 15.2. The van der Waals surface area contributed by atoms with Gasteiger partial charge < -0.3 is 28.7 Å². The van der Waals surface area contributed by atoms with Gasteiger partial charge in [0.2, 0.25) is 0 Å². The number of carbonyl (C=O) groups is 1. The Morgan fingerprint density at radius 1 is 1.22 bits per heavy atom. The summed E-state index contributed by atoms with van der Waals surface area (Å²) in [6.07, 6.45) is -1.54. The van der Waals surface area contributed by atoms with Crippen LogP contribution in [0.5, 0.6) is 0 Å². The van der Waals surface area contributed by atoms with Gasteiger partial charge in [0.1, 0.15) is 34.6 Å². The van der Waals surface area contributed by atoms with Crippen molar-refractivity contribution in [2.75, 3.05) is 31.8 Å². The van der Waals surface area contributed by atoms with Gasteiger partial charge in [-0.05, 0) is 37.3 Å². The van der Waals surface area contributed by atoms with Gasteiger partial charge in [-0.1, -0.05) is 18.2 Å². The van der Waals surface area contributed by atoms with Crippen LogP contribution in [0.25, 0.3) is 16.8 Å². The number of imidazole rings is 1. The third kappa shape index (κ3) is 6.18. The van der Waals surface area contributed by atoms with Crippen molar-refractivity contribution in [2.45, 2.75) is 31.6 Å². The molecule has 9 nitrogen and oxygen atoms in total. The number of morpholine rings is 1. The van der Waals surface area contributed by atoms with Crippen LogP contribution in [-0.4, -0.2) is 65.0 Å². The first-order valence-electron chi connectivity index (χ1n) is 14.0. The fraction of sp³-hybridized carbons (Fsp3) is 0.323. The number of pyridine rings is 2. The molecule has 1 N–H and O–H groups in total. The van der Waals surface area contributed by atoms with E-state index in [2.05, 4.69) is 16.9 Å². The average Bonchev–Trinajstić information content (AvgIpc) is 3.51. The normalized spacial score (nSPS) is 16.0. The Morgan fingerprint density at radius 3 is 2.57 bits per heavy atom. The molecule has 0 spiro atoms. The van der Waals surface area contributed by atoms with Crippen LogP contribution in [0.1, 0.15) is 21.7 Å². The highest BCUT2D eigenvalue weighted by Gasteiger charge is 2.46. The molecule has 1 aromatic carbocycles. The smallest absolute Gasteiger partial charge is 0.411 e. The van der Waals surface area contributed by atoms with Crippen molar-refractivity contribution < 1.29 is 36.2 Å². The Labute approximate surface area is 264 Å². The molecule has 1 aliphatic heterocycles. The Balaban J connectivity index is 1.44. The summed E-state index contributed by atoms with van der Waals surface area (Å²) >= 11 is 6.35. The number of nitrogens with one attached hydrogen (secondary N) is 1. The lowest BCUT2D eigenvalue weighted by atomic mass is 10.0.